The number of phenolic OH excluding ortho intramolecular Hbond substituents is 1. The van der Waals surface area contributed by atoms with Gasteiger partial charge >= 0.3 is 5.97 Å². The quantitative estimate of drug-likeness (QED) is 0.623. The van der Waals surface area contributed by atoms with Gasteiger partial charge in [-0.1, -0.05) is 36.4 Å². The molecular formula is C14H9NO3. The number of phenols is 1. The largest absolute Gasteiger partial charge is 0.507 e. The molecule has 2 aromatic rings. The Balaban J connectivity index is 2.64. The second-order valence-electron chi connectivity index (χ2n) is 3.70. The van der Waals surface area contributed by atoms with E-state index in [0.29, 0.717) is 10.9 Å². The van der Waals surface area contributed by atoms with Gasteiger partial charge in [0.2, 0.25) is 0 Å². The van der Waals surface area contributed by atoms with Crippen LogP contribution in [0.5, 0.6) is 5.75 Å². The van der Waals surface area contributed by atoms with Crippen molar-refractivity contribution in [3.8, 4) is 11.8 Å². The molecule has 0 aliphatic heterocycles. The van der Waals surface area contributed by atoms with Gasteiger partial charge < -0.3 is 10.2 Å². The van der Waals surface area contributed by atoms with Crippen LogP contribution in [0.1, 0.15) is 5.56 Å². The smallest absolute Gasteiger partial charge is 0.346 e. The van der Waals surface area contributed by atoms with E-state index < -0.39 is 11.5 Å². The van der Waals surface area contributed by atoms with Gasteiger partial charge in [0.05, 0.1) is 0 Å². The third kappa shape index (κ3) is 2.02. The van der Waals surface area contributed by atoms with Crippen LogP contribution in [0, 0.1) is 11.3 Å². The Bertz CT molecular complexity index is 696. The molecule has 0 fully saturated rings. The Kier molecular flexibility index (Phi) is 2.98. The van der Waals surface area contributed by atoms with Gasteiger partial charge in [0, 0.05) is 10.9 Å². The molecule has 0 heterocycles. The number of carboxylic acids is 1. The molecule has 2 aromatic carbocycles. The topological polar surface area (TPSA) is 81.3 Å². The van der Waals surface area contributed by atoms with E-state index in [1.807, 2.05) is 12.1 Å². The summed E-state index contributed by atoms with van der Waals surface area (Å²) in [4.78, 5) is 10.7. The number of benzene rings is 2. The van der Waals surface area contributed by atoms with Crippen molar-refractivity contribution < 1.29 is 15.0 Å². The number of hydrogen-bond donors (Lipinski definition) is 2. The molecule has 4 nitrogen and oxygen atoms in total. The number of rotatable bonds is 2. The average Bonchev–Trinajstić information content (AvgIpc) is 2.38. The maximum Gasteiger partial charge on any atom is 0.346 e. The van der Waals surface area contributed by atoms with Gasteiger partial charge in [0.15, 0.2) is 0 Å². The van der Waals surface area contributed by atoms with Crippen molar-refractivity contribution in [3.05, 3.63) is 47.5 Å². The molecule has 0 aliphatic rings. The van der Waals surface area contributed by atoms with Crippen LogP contribution in [0.3, 0.4) is 0 Å². The number of hydrogen-bond acceptors (Lipinski definition) is 3. The highest BCUT2D eigenvalue weighted by Gasteiger charge is 2.09. The standard InChI is InChI=1S/C14H9NO3/c15-8-11(14(17)18)7-10-6-5-9-3-1-2-4-12(9)13(10)16/h1-7,16H,(H,17,18). The Morgan fingerprint density at radius 1 is 1.22 bits per heavy atom. The summed E-state index contributed by atoms with van der Waals surface area (Å²) >= 11 is 0. The second kappa shape index (κ2) is 4.60. The summed E-state index contributed by atoms with van der Waals surface area (Å²) in [6.45, 7) is 0. The number of nitriles is 1. The minimum atomic E-state index is -1.31. The van der Waals surface area contributed by atoms with Gasteiger partial charge in [-0.2, -0.15) is 5.26 Å². The first-order valence-corrected chi connectivity index (χ1v) is 5.19. The Labute approximate surface area is 103 Å². The van der Waals surface area contributed by atoms with Crippen LogP contribution >= 0.6 is 0 Å². The van der Waals surface area contributed by atoms with Crippen LogP contribution in [0.15, 0.2) is 42.0 Å². The lowest BCUT2D eigenvalue weighted by Crippen LogP contribution is -1.97. The van der Waals surface area contributed by atoms with Gasteiger partial charge in [-0.05, 0) is 11.5 Å². The minimum absolute atomic E-state index is 0.0258. The lowest BCUT2D eigenvalue weighted by molar-refractivity contribution is -0.132. The van der Waals surface area contributed by atoms with E-state index in [1.165, 1.54) is 0 Å². The predicted octanol–water partition coefficient (Wildman–Crippen LogP) is 2.54. The molecule has 0 saturated carbocycles. The van der Waals surface area contributed by atoms with Gasteiger partial charge in [-0.3, -0.25) is 0 Å². The van der Waals surface area contributed by atoms with E-state index in [9.17, 15) is 9.90 Å². The van der Waals surface area contributed by atoms with Crippen LogP contribution in [0.25, 0.3) is 16.8 Å². The monoisotopic (exact) mass is 239 g/mol. The molecule has 0 aliphatic carbocycles. The highest BCUT2D eigenvalue weighted by atomic mass is 16.4. The molecule has 4 heteroatoms. The molecule has 0 unspecified atom stereocenters. The number of fused-ring (bicyclic) bond motifs is 1. The highest BCUT2D eigenvalue weighted by Crippen LogP contribution is 2.29. The molecule has 88 valence electrons. The van der Waals surface area contributed by atoms with Crippen LogP contribution in [-0.2, 0) is 4.79 Å². The lowest BCUT2D eigenvalue weighted by Gasteiger charge is -2.04. The van der Waals surface area contributed by atoms with E-state index in [-0.39, 0.29) is 5.75 Å². The van der Waals surface area contributed by atoms with Gasteiger partial charge in [0.1, 0.15) is 17.4 Å². The molecule has 0 atom stereocenters. The fraction of sp³-hybridized carbons (Fsp3) is 0. The molecule has 0 radical (unpaired) electrons. The number of carboxylic acid groups (broad SMARTS) is 1. The van der Waals surface area contributed by atoms with Gasteiger partial charge in [0.25, 0.3) is 0 Å². The van der Waals surface area contributed by atoms with Crippen LogP contribution < -0.4 is 0 Å². The molecule has 2 rings (SSSR count). The molecule has 0 saturated heterocycles. The maximum atomic E-state index is 10.7. The molecule has 2 N–H and O–H groups in total. The van der Waals surface area contributed by atoms with Crippen molar-refractivity contribution in [1.29, 1.82) is 5.26 Å². The molecule has 18 heavy (non-hydrogen) atoms. The third-order valence-electron chi connectivity index (χ3n) is 2.58. The first kappa shape index (κ1) is 11.7. The van der Waals surface area contributed by atoms with E-state index >= 15 is 0 Å². The summed E-state index contributed by atoms with van der Waals surface area (Å²) < 4.78 is 0. The van der Waals surface area contributed by atoms with Crippen LogP contribution in [0.4, 0.5) is 0 Å². The van der Waals surface area contributed by atoms with Crippen molar-refractivity contribution in [1.82, 2.24) is 0 Å². The lowest BCUT2D eigenvalue weighted by atomic mass is 10.0. The Morgan fingerprint density at radius 2 is 1.94 bits per heavy atom. The summed E-state index contributed by atoms with van der Waals surface area (Å²) in [5.41, 5.74) is -0.103. The van der Waals surface area contributed by atoms with Crippen molar-refractivity contribution in [2.45, 2.75) is 0 Å². The second-order valence-corrected chi connectivity index (χ2v) is 3.70. The summed E-state index contributed by atoms with van der Waals surface area (Å²) in [5.74, 6) is -1.34. The maximum absolute atomic E-state index is 10.7. The fourth-order valence-corrected chi connectivity index (χ4v) is 1.69. The molecule has 0 amide bonds. The summed E-state index contributed by atoms with van der Waals surface area (Å²) in [6.07, 6.45) is 1.16. The Morgan fingerprint density at radius 3 is 2.61 bits per heavy atom. The zero-order chi connectivity index (χ0) is 13.1. The van der Waals surface area contributed by atoms with Gasteiger partial charge in [-0.15, -0.1) is 0 Å². The van der Waals surface area contributed by atoms with E-state index in [4.69, 9.17) is 10.4 Å². The van der Waals surface area contributed by atoms with Crippen molar-refractivity contribution in [3.63, 3.8) is 0 Å². The summed E-state index contributed by atoms with van der Waals surface area (Å²) in [7, 11) is 0. The zero-order valence-electron chi connectivity index (χ0n) is 9.29. The summed E-state index contributed by atoms with van der Waals surface area (Å²) in [6, 6.07) is 12.1. The highest BCUT2D eigenvalue weighted by molar-refractivity contribution is 5.99. The molecule has 0 aromatic heterocycles. The van der Waals surface area contributed by atoms with E-state index in [1.54, 1.807) is 30.3 Å². The molecular weight excluding hydrogens is 230 g/mol. The number of carbonyl (C=O) groups is 1. The van der Waals surface area contributed by atoms with Crippen LogP contribution in [-0.4, -0.2) is 16.2 Å². The first-order chi connectivity index (χ1) is 8.63. The van der Waals surface area contributed by atoms with Crippen molar-refractivity contribution in [2.75, 3.05) is 0 Å². The average molecular weight is 239 g/mol. The minimum Gasteiger partial charge on any atom is -0.507 e. The van der Waals surface area contributed by atoms with Crippen molar-refractivity contribution >= 4 is 22.8 Å². The molecule has 0 spiro atoms. The van der Waals surface area contributed by atoms with E-state index in [2.05, 4.69) is 0 Å². The summed E-state index contributed by atoms with van der Waals surface area (Å²) in [5, 5.41) is 28.9. The number of aromatic hydroxyl groups is 1. The zero-order valence-corrected chi connectivity index (χ0v) is 9.29. The normalized spacial score (nSPS) is 11.2. The van der Waals surface area contributed by atoms with Gasteiger partial charge in [-0.25, -0.2) is 4.79 Å². The van der Waals surface area contributed by atoms with E-state index in [0.717, 1.165) is 11.5 Å². The predicted molar refractivity (Wildman–Crippen MR) is 66.8 cm³/mol. The third-order valence-corrected chi connectivity index (χ3v) is 2.58. The molecule has 0 bridgehead atoms. The number of aliphatic carboxylic acids is 1. The van der Waals surface area contributed by atoms with Crippen LogP contribution in [0.2, 0.25) is 0 Å². The Hall–Kier alpha value is -2.80. The first-order valence-electron chi connectivity index (χ1n) is 5.19. The van der Waals surface area contributed by atoms with Crippen molar-refractivity contribution in [2.24, 2.45) is 0 Å². The number of nitrogens with zero attached hydrogens (tertiary/aromatic N) is 1. The fourth-order valence-electron chi connectivity index (χ4n) is 1.69. The SMILES string of the molecule is N#CC(=Cc1ccc2ccccc2c1O)C(=O)O.